The lowest BCUT2D eigenvalue weighted by Gasteiger charge is -2.07. The van der Waals surface area contributed by atoms with Crippen LogP contribution in [0.25, 0.3) is 10.9 Å². The zero-order chi connectivity index (χ0) is 13.0. The summed E-state index contributed by atoms with van der Waals surface area (Å²) in [4.78, 5) is 15.9. The molecule has 1 unspecified atom stereocenters. The number of benzene rings is 1. The molecule has 0 bridgehead atoms. The molecule has 4 nitrogen and oxygen atoms in total. The molecule has 0 fully saturated rings. The van der Waals surface area contributed by atoms with Gasteiger partial charge in [-0.1, -0.05) is 18.2 Å². The third-order valence-corrected chi connectivity index (χ3v) is 2.66. The van der Waals surface area contributed by atoms with Gasteiger partial charge in [-0.05, 0) is 25.5 Å². The summed E-state index contributed by atoms with van der Waals surface area (Å²) in [6, 6.07) is 9.63. The van der Waals surface area contributed by atoms with E-state index in [2.05, 4.69) is 10.3 Å². The van der Waals surface area contributed by atoms with Crippen LogP contribution in [0, 0.1) is 0 Å². The summed E-state index contributed by atoms with van der Waals surface area (Å²) in [5, 5.41) is 12.9. The van der Waals surface area contributed by atoms with Gasteiger partial charge in [0.15, 0.2) is 0 Å². The number of anilines is 1. The van der Waals surface area contributed by atoms with Gasteiger partial charge in [0.1, 0.15) is 0 Å². The SMILES string of the molecule is CC(O)CCC(=O)Nc1cnc2ccccc2c1. The molecule has 4 heteroatoms. The maximum absolute atomic E-state index is 11.6. The lowest BCUT2D eigenvalue weighted by molar-refractivity contribution is -0.116. The van der Waals surface area contributed by atoms with Crippen molar-refractivity contribution in [2.45, 2.75) is 25.9 Å². The topological polar surface area (TPSA) is 62.2 Å². The molecular formula is C14H16N2O2. The smallest absolute Gasteiger partial charge is 0.224 e. The van der Waals surface area contributed by atoms with E-state index in [0.717, 1.165) is 10.9 Å². The number of hydrogen-bond donors (Lipinski definition) is 2. The normalized spacial score (nSPS) is 12.3. The zero-order valence-electron chi connectivity index (χ0n) is 10.3. The predicted molar refractivity (Wildman–Crippen MR) is 71.3 cm³/mol. The van der Waals surface area contributed by atoms with Crippen molar-refractivity contribution < 1.29 is 9.90 Å². The number of carbonyl (C=O) groups is 1. The van der Waals surface area contributed by atoms with E-state index in [4.69, 9.17) is 5.11 Å². The van der Waals surface area contributed by atoms with Gasteiger partial charge in [0, 0.05) is 11.8 Å². The van der Waals surface area contributed by atoms with Crippen LogP contribution in [0.5, 0.6) is 0 Å². The van der Waals surface area contributed by atoms with Gasteiger partial charge in [0.2, 0.25) is 5.91 Å². The van der Waals surface area contributed by atoms with Crippen molar-refractivity contribution in [3.05, 3.63) is 36.5 Å². The fourth-order valence-corrected chi connectivity index (χ4v) is 1.70. The second kappa shape index (κ2) is 5.60. The number of rotatable bonds is 4. The third kappa shape index (κ3) is 3.28. The Balaban J connectivity index is 2.05. The number of pyridine rings is 1. The molecule has 18 heavy (non-hydrogen) atoms. The van der Waals surface area contributed by atoms with Crippen molar-refractivity contribution in [1.82, 2.24) is 4.98 Å². The van der Waals surface area contributed by atoms with Crippen LogP contribution in [0.2, 0.25) is 0 Å². The van der Waals surface area contributed by atoms with E-state index in [0.29, 0.717) is 18.5 Å². The Morgan fingerprint density at radius 1 is 1.44 bits per heavy atom. The minimum Gasteiger partial charge on any atom is -0.393 e. The molecular weight excluding hydrogens is 228 g/mol. The summed E-state index contributed by atoms with van der Waals surface area (Å²) in [5.41, 5.74) is 1.59. The molecule has 1 heterocycles. The Hall–Kier alpha value is -1.94. The van der Waals surface area contributed by atoms with E-state index in [1.807, 2.05) is 30.3 Å². The van der Waals surface area contributed by atoms with Gasteiger partial charge in [0.25, 0.3) is 0 Å². The third-order valence-electron chi connectivity index (χ3n) is 2.66. The number of aliphatic hydroxyl groups excluding tert-OH is 1. The van der Waals surface area contributed by atoms with Crippen LogP contribution in [-0.2, 0) is 4.79 Å². The number of para-hydroxylation sites is 1. The monoisotopic (exact) mass is 244 g/mol. The number of carbonyl (C=O) groups excluding carboxylic acids is 1. The lowest BCUT2D eigenvalue weighted by Crippen LogP contribution is -2.14. The Morgan fingerprint density at radius 3 is 3.00 bits per heavy atom. The number of amides is 1. The number of aromatic nitrogens is 1. The molecule has 2 N–H and O–H groups in total. The molecule has 0 radical (unpaired) electrons. The molecule has 94 valence electrons. The van der Waals surface area contributed by atoms with Crippen LogP contribution in [0.4, 0.5) is 5.69 Å². The Labute approximate surface area is 106 Å². The minimum atomic E-state index is -0.453. The van der Waals surface area contributed by atoms with Crippen molar-refractivity contribution >= 4 is 22.5 Å². The molecule has 0 spiro atoms. The standard InChI is InChI=1S/C14H16N2O2/c1-10(17)6-7-14(18)16-12-8-11-4-2-3-5-13(11)15-9-12/h2-5,8-10,17H,6-7H2,1H3,(H,16,18). The van der Waals surface area contributed by atoms with Gasteiger partial charge < -0.3 is 10.4 Å². The average molecular weight is 244 g/mol. The first-order chi connectivity index (χ1) is 8.65. The number of nitrogens with zero attached hydrogens (tertiary/aromatic N) is 1. The number of nitrogens with one attached hydrogen (secondary N) is 1. The highest BCUT2D eigenvalue weighted by Crippen LogP contribution is 2.16. The first-order valence-electron chi connectivity index (χ1n) is 5.98. The van der Waals surface area contributed by atoms with Crippen LogP contribution in [0.15, 0.2) is 36.5 Å². The maximum atomic E-state index is 11.6. The predicted octanol–water partition coefficient (Wildman–Crippen LogP) is 2.33. The first kappa shape index (κ1) is 12.5. The van der Waals surface area contributed by atoms with Crippen LogP contribution in [0.1, 0.15) is 19.8 Å². The van der Waals surface area contributed by atoms with Gasteiger partial charge >= 0.3 is 0 Å². The van der Waals surface area contributed by atoms with E-state index in [9.17, 15) is 4.79 Å². The van der Waals surface area contributed by atoms with Crippen molar-refractivity contribution in [3.63, 3.8) is 0 Å². The summed E-state index contributed by atoms with van der Waals surface area (Å²) >= 11 is 0. The molecule has 1 aromatic carbocycles. The summed E-state index contributed by atoms with van der Waals surface area (Å²) in [6.45, 7) is 1.67. The fraction of sp³-hybridized carbons (Fsp3) is 0.286. The average Bonchev–Trinajstić information content (AvgIpc) is 2.36. The first-order valence-corrected chi connectivity index (χ1v) is 5.98. The summed E-state index contributed by atoms with van der Waals surface area (Å²) in [6.07, 6.45) is 1.96. The van der Waals surface area contributed by atoms with Crippen LogP contribution < -0.4 is 5.32 Å². The van der Waals surface area contributed by atoms with Gasteiger partial charge in [-0.2, -0.15) is 0 Å². The van der Waals surface area contributed by atoms with E-state index in [-0.39, 0.29) is 5.91 Å². The van der Waals surface area contributed by atoms with Gasteiger partial charge in [-0.25, -0.2) is 0 Å². The molecule has 1 atom stereocenters. The molecule has 0 aliphatic heterocycles. The van der Waals surface area contributed by atoms with E-state index in [1.165, 1.54) is 0 Å². The molecule has 1 aromatic heterocycles. The summed E-state index contributed by atoms with van der Waals surface area (Å²) in [7, 11) is 0. The molecule has 1 amide bonds. The van der Waals surface area contributed by atoms with Crippen LogP contribution in [-0.4, -0.2) is 22.1 Å². The summed E-state index contributed by atoms with van der Waals surface area (Å²) in [5.74, 6) is -0.104. The highest BCUT2D eigenvalue weighted by atomic mass is 16.3. The summed E-state index contributed by atoms with van der Waals surface area (Å²) < 4.78 is 0. The van der Waals surface area contributed by atoms with Crippen molar-refractivity contribution in [2.24, 2.45) is 0 Å². The zero-order valence-corrected chi connectivity index (χ0v) is 10.3. The second-order valence-electron chi connectivity index (χ2n) is 4.35. The largest absolute Gasteiger partial charge is 0.393 e. The van der Waals surface area contributed by atoms with E-state index >= 15 is 0 Å². The molecule has 0 saturated heterocycles. The quantitative estimate of drug-likeness (QED) is 0.867. The molecule has 2 aromatic rings. The number of fused-ring (bicyclic) bond motifs is 1. The van der Waals surface area contributed by atoms with Crippen LogP contribution in [0.3, 0.4) is 0 Å². The van der Waals surface area contributed by atoms with E-state index in [1.54, 1.807) is 13.1 Å². The lowest BCUT2D eigenvalue weighted by atomic mass is 10.2. The number of aliphatic hydroxyl groups is 1. The van der Waals surface area contributed by atoms with Crippen molar-refractivity contribution in [2.75, 3.05) is 5.32 Å². The Bertz CT molecular complexity index is 552. The van der Waals surface area contributed by atoms with Gasteiger partial charge in [-0.15, -0.1) is 0 Å². The minimum absolute atomic E-state index is 0.104. The van der Waals surface area contributed by atoms with Gasteiger partial charge in [0.05, 0.1) is 23.5 Å². The van der Waals surface area contributed by atoms with Crippen molar-refractivity contribution in [1.29, 1.82) is 0 Å². The van der Waals surface area contributed by atoms with Gasteiger partial charge in [-0.3, -0.25) is 9.78 Å². The fourth-order valence-electron chi connectivity index (χ4n) is 1.70. The maximum Gasteiger partial charge on any atom is 0.224 e. The molecule has 0 aliphatic carbocycles. The molecule has 2 rings (SSSR count). The molecule has 0 saturated carbocycles. The molecule has 0 aliphatic rings. The Morgan fingerprint density at radius 2 is 2.22 bits per heavy atom. The Kier molecular flexibility index (Phi) is 3.89. The van der Waals surface area contributed by atoms with Crippen LogP contribution >= 0.6 is 0 Å². The highest BCUT2D eigenvalue weighted by Gasteiger charge is 2.05. The second-order valence-corrected chi connectivity index (χ2v) is 4.35. The number of hydrogen-bond acceptors (Lipinski definition) is 3. The highest BCUT2D eigenvalue weighted by molar-refractivity contribution is 5.93. The van der Waals surface area contributed by atoms with Crippen molar-refractivity contribution in [3.8, 4) is 0 Å². The van der Waals surface area contributed by atoms with E-state index < -0.39 is 6.10 Å².